The van der Waals surface area contributed by atoms with Crippen LogP contribution < -0.4 is 5.32 Å². The van der Waals surface area contributed by atoms with Gasteiger partial charge in [0.2, 0.25) is 11.8 Å². The van der Waals surface area contributed by atoms with Gasteiger partial charge in [0.15, 0.2) is 0 Å². The largest absolute Gasteiger partial charge is 0.392 e. The fraction of sp³-hybridized carbons (Fsp3) is 0.652. The van der Waals surface area contributed by atoms with E-state index in [1.54, 1.807) is 6.92 Å². The molecule has 2 saturated heterocycles. The van der Waals surface area contributed by atoms with Crippen molar-refractivity contribution in [3.05, 3.63) is 35.4 Å². The maximum atomic E-state index is 12.7. The molecule has 166 valence electrons. The first-order valence-corrected chi connectivity index (χ1v) is 11.1. The Kier molecular flexibility index (Phi) is 7.86. The highest BCUT2D eigenvalue weighted by atomic mass is 16.3. The van der Waals surface area contributed by atoms with E-state index in [4.69, 9.17) is 5.11 Å². The molecule has 0 aliphatic carbocycles. The van der Waals surface area contributed by atoms with Gasteiger partial charge in [0.05, 0.1) is 18.6 Å². The standard InChI is InChI=1S/C23H35N3O4/c1-18(28)24-21-7-12-25(13-8-21)17-23(30)9-2-11-26(14-10-23)22(29)15-19-3-5-20(16-27)6-4-19/h3-6,21,27,30H,2,7-17H2,1H3,(H,24,28). The van der Waals surface area contributed by atoms with Gasteiger partial charge in [-0.15, -0.1) is 0 Å². The van der Waals surface area contributed by atoms with Crippen LogP contribution in [-0.2, 0) is 22.6 Å². The number of benzene rings is 1. The Balaban J connectivity index is 1.47. The van der Waals surface area contributed by atoms with E-state index in [0.29, 0.717) is 38.9 Å². The highest BCUT2D eigenvalue weighted by Gasteiger charge is 2.34. The van der Waals surface area contributed by atoms with Crippen molar-refractivity contribution in [3.8, 4) is 0 Å². The monoisotopic (exact) mass is 417 g/mol. The Hall–Kier alpha value is -1.96. The van der Waals surface area contributed by atoms with Crippen molar-refractivity contribution in [2.24, 2.45) is 0 Å². The number of hydrogen-bond acceptors (Lipinski definition) is 5. The Morgan fingerprint density at radius 2 is 1.73 bits per heavy atom. The first kappa shape index (κ1) is 22.7. The smallest absolute Gasteiger partial charge is 0.226 e. The molecule has 0 radical (unpaired) electrons. The molecule has 2 fully saturated rings. The average Bonchev–Trinajstić information content (AvgIpc) is 2.91. The summed E-state index contributed by atoms with van der Waals surface area (Å²) in [6.07, 6.45) is 4.26. The summed E-state index contributed by atoms with van der Waals surface area (Å²) in [5.74, 6) is 0.108. The molecule has 0 spiro atoms. The van der Waals surface area contributed by atoms with Gasteiger partial charge in [0.1, 0.15) is 0 Å². The van der Waals surface area contributed by atoms with Crippen molar-refractivity contribution in [3.63, 3.8) is 0 Å². The molecule has 7 heteroatoms. The molecule has 3 rings (SSSR count). The molecule has 30 heavy (non-hydrogen) atoms. The van der Waals surface area contributed by atoms with Gasteiger partial charge in [-0.05, 0) is 43.2 Å². The number of β-amino-alcohol motifs (C(OH)–C–C–N with tert-alkyl or cyclic N) is 1. The number of aliphatic hydroxyl groups is 2. The number of rotatable bonds is 6. The first-order chi connectivity index (χ1) is 14.4. The van der Waals surface area contributed by atoms with Crippen LogP contribution in [0, 0.1) is 0 Å². The summed E-state index contributed by atoms with van der Waals surface area (Å²) in [5, 5.41) is 23.3. The van der Waals surface area contributed by atoms with Crippen LogP contribution in [0.4, 0.5) is 0 Å². The summed E-state index contributed by atoms with van der Waals surface area (Å²) < 4.78 is 0. The zero-order valence-corrected chi connectivity index (χ0v) is 18.0. The summed E-state index contributed by atoms with van der Waals surface area (Å²) in [4.78, 5) is 28.1. The van der Waals surface area contributed by atoms with Gasteiger partial charge in [0.25, 0.3) is 0 Å². The number of carbonyl (C=O) groups is 2. The Morgan fingerprint density at radius 3 is 2.37 bits per heavy atom. The minimum absolute atomic E-state index is 0.00382. The third kappa shape index (κ3) is 6.52. The molecule has 1 aromatic carbocycles. The SMILES string of the molecule is CC(=O)NC1CCN(CC2(O)CCCN(C(=O)Cc3ccc(CO)cc3)CC2)CC1. The van der Waals surface area contributed by atoms with Gasteiger partial charge in [-0.3, -0.25) is 9.59 Å². The van der Waals surface area contributed by atoms with Gasteiger partial charge in [-0.1, -0.05) is 24.3 Å². The number of nitrogens with one attached hydrogen (secondary N) is 1. The molecule has 0 saturated carbocycles. The van der Waals surface area contributed by atoms with Crippen LogP contribution in [0.2, 0.25) is 0 Å². The Labute approximate surface area is 179 Å². The van der Waals surface area contributed by atoms with Crippen molar-refractivity contribution in [2.75, 3.05) is 32.7 Å². The van der Waals surface area contributed by atoms with Gasteiger partial charge in [-0.2, -0.15) is 0 Å². The van der Waals surface area contributed by atoms with E-state index < -0.39 is 5.60 Å². The topological polar surface area (TPSA) is 93.1 Å². The molecule has 3 N–H and O–H groups in total. The number of nitrogens with zero attached hydrogens (tertiary/aromatic N) is 2. The summed E-state index contributed by atoms with van der Waals surface area (Å²) in [6, 6.07) is 7.71. The number of likely N-dealkylation sites (tertiary alicyclic amines) is 2. The molecule has 0 bridgehead atoms. The molecular formula is C23H35N3O4. The molecule has 2 aliphatic heterocycles. The van der Waals surface area contributed by atoms with Gasteiger partial charge in [0, 0.05) is 45.7 Å². The summed E-state index contributed by atoms with van der Waals surface area (Å²) in [5.41, 5.74) is 1.02. The number of hydrogen-bond donors (Lipinski definition) is 3. The third-order valence-electron chi connectivity index (χ3n) is 6.34. The van der Waals surface area contributed by atoms with Crippen LogP contribution in [0.1, 0.15) is 50.2 Å². The van der Waals surface area contributed by atoms with E-state index in [2.05, 4.69) is 10.2 Å². The Bertz CT molecular complexity index is 716. The molecule has 1 atom stereocenters. The summed E-state index contributed by atoms with van der Waals surface area (Å²) in [6.45, 7) is 5.19. The second kappa shape index (κ2) is 10.4. The lowest BCUT2D eigenvalue weighted by molar-refractivity contribution is -0.130. The molecule has 1 aromatic rings. The lowest BCUT2D eigenvalue weighted by Gasteiger charge is -2.38. The quantitative estimate of drug-likeness (QED) is 0.644. The van der Waals surface area contributed by atoms with E-state index in [-0.39, 0.29) is 24.5 Å². The molecule has 7 nitrogen and oxygen atoms in total. The predicted octanol–water partition coefficient (Wildman–Crippen LogP) is 1.07. The highest BCUT2D eigenvalue weighted by Crippen LogP contribution is 2.25. The molecular weight excluding hydrogens is 382 g/mol. The van der Waals surface area contributed by atoms with Crippen LogP contribution >= 0.6 is 0 Å². The van der Waals surface area contributed by atoms with Crippen molar-refractivity contribution in [2.45, 2.75) is 63.7 Å². The predicted molar refractivity (Wildman–Crippen MR) is 115 cm³/mol. The average molecular weight is 418 g/mol. The zero-order valence-electron chi connectivity index (χ0n) is 18.0. The molecule has 2 heterocycles. The van der Waals surface area contributed by atoms with Crippen molar-refractivity contribution < 1.29 is 19.8 Å². The van der Waals surface area contributed by atoms with Gasteiger partial charge >= 0.3 is 0 Å². The van der Waals surface area contributed by atoms with Crippen molar-refractivity contribution in [1.29, 1.82) is 0 Å². The first-order valence-electron chi connectivity index (χ1n) is 11.1. The maximum Gasteiger partial charge on any atom is 0.226 e. The normalized spacial score (nSPS) is 23.8. The van der Waals surface area contributed by atoms with Crippen LogP contribution in [-0.4, -0.2) is 76.2 Å². The van der Waals surface area contributed by atoms with E-state index in [9.17, 15) is 14.7 Å². The maximum absolute atomic E-state index is 12.7. The van der Waals surface area contributed by atoms with Gasteiger partial charge < -0.3 is 25.3 Å². The molecule has 1 unspecified atom stereocenters. The van der Waals surface area contributed by atoms with Crippen molar-refractivity contribution in [1.82, 2.24) is 15.1 Å². The van der Waals surface area contributed by atoms with Crippen LogP contribution in [0.5, 0.6) is 0 Å². The minimum Gasteiger partial charge on any atom is -0.392 e. The molecule has 0 aromatic heterocycles. The van der Waals surface area contributed by atoms with E-state index in [1.807, 2.05) is 29.2 Å². The van der Waals surface area contributed by atoms with Crippen molar-refractivity contribution >= 4 is 11.8 Å². The lowest BCUT2D eigenvalue weighted by Crippen LogP contribution is -2.50. The van der Waals surface area contributed by atoms with E-state index in [0.717, 1.165) is 43.5 Å². The minimum atomic E-state index is -0.765. The van der Waals surface area contributed by atoms with E-state index in [1.165, 1.54) is 0 Å². The second-order valence-corrected chi connectivity index (χ2v) is 8.86. The second-order valence-electron chi connectivity index (χ2n) is 8.86. The third-order valence-corrected chi connectivity index (χ3v) is 6.34. The number of piperidine rings is 1. The summed E-state index contributed by atoms with van der Waals surface area (Å²) in [7, 11) is 0. The molecule has 2 amide bonds. The van der Waals surface area contributed by atoms with E-state index >= 15 is 0 Å². The number of aliphatic hydroxyl groups excluding tert-OH is 1. The fourth-order valence-corrected chi connectivity index (χ4v) is 4.57. The van der Waals surface area contributed by atoms with Gasteiger partial charge in [-0.25, -0.2) is 0 Å². The lowest BCUT2D eigenvalue weighted by atomic mass is 9.93. The van der Waals surface area contributed by atoms with Crippen LogP contribution in [0.3, 0.4) is 0 Å². The van der Waals surface area contributed by atoms with Crippen LogP contribution in [0.15, 0.2) is 24.3 Å². The number of carbonyl (C=O) groups excluding carboxylic acids is 2. The fourth-order valence-electron chi connectivity index (χ4n) is 4.57. The summed E-state index contributed by atoms with van der Waals surface area (Å²) >= 11 is 0. The van der Waals surface area contributed by atoms with Crippen LogP contribution in [0.25, 0.3) is 0 Å². The Morgan fingerprint density at radius 1 is 1.07 bits per heavy atom. The highest BCUT2D eigenvalue weighted by molar-refractivity contribution is 5.78. The zero-order chi connectivity index (χ0) is 21.6. The number of amides is 2. The molecule has 2 aliphatic rings.